The number of ether oxygens (including phenoxy) is 1. The van der Waals surface area contributed by atoms with E-state index in [-0.39, 0.29) is 11.9 Å². The highest BCUT2D eigenvalue weighted by Crippen LogP contribution is 2.19. The highest BCUT2D eigenvalue weighted by Gasteiger charge is 2.18. The first-order chi connectivity index (χ1) is 10.1. The average Bonchev–Trinajstić information content (AvgIpc) is 2.51. The van der Waals surface area contributed by atoms with E-state index in [0.717, 1.165) is 19.3 Å². The van der Waals surface area contributed by atoms with Crippen molar-refractivity contribution in [3.05, 3.63) is 24.3 Å². The maximum atomic E-state index is 12.1. The smallest absolute Gasteiger partial charge is 0.261 e. The van der Waals surface area contributed by atoms with Crippen LogP contribution < -0.4 is 15.8 Å². The molecule has 0 saturated carbocycles. The number of nitrogens with one attached hydrogen (secondary N) is 1. The molecule has 5 heteroatoms. The van der Waals surface area contributed by atoms with Crippen molar-refractivity contribution in [2.24, 2.45) is 5.73 Å². The van der Waals surface area contributed by atoms with Crippen LogP contribution in [0, 0.1) is 0 Å². The number of unbranched alkanes of at least 4 members (excludes halogenated alkanes) is 1. The fourth-order valence-corrected chi connectivity index (χ4v) is 2.34. The molecule has 1 amide bonds. The second-order valence-electron chi connectivity index (χ2n) is 5.02. The molecule has 1 aromatic carbocycles. The van der Waals surface area contributed by atoms with Crippen LogP contribution in [0.25, 0.3) is 0 Å². The van der Waals surface area contributed by atoms with Gasteiger partial charge in [-0.2, -0.15) is 0 Å². The lowest BCUT2D eigenvalue weighted by Gasteiger charge is -2.20. The molecule has 118 valence electrons. The third-order valence-corrected chi connectivity index (χ3v) is 4.02. The van der Waals surface area contributed by atoms with Gasteiger partial charge in [0.1, 0.15) is 5.75 Å². The van der Waals surface area contributed by atoms with Crippen LogP contribution in [0.5, 0.6) is 5.75 Å². The number of amides is 1. The van der Waals surface area contributed by atoms with E-state index >= 15 is 0 Å². The van der Waals surface area contributed by atoms with Gasteiger partial charge < -0.3 is 15.8 Å². The van der Waals surface area contributed by atoms with Gasteiger partial charge in [-0.1, -0.05) is 19.8 Å². The van der Waals surface area contributed by atoms with Crippen molar-refractivity contribution in [2.45, 2.75) is 50.2 Å². The van der Waals surface area contributed by atoms with Crippen molar-refractivity contribution in [3.8, 4) is 5.75 Å². The molecule has 1 aromatic rings. The van der Waals surface area contributed by atoms with Crippen molar-refractivity contribution in [3.63, 3.8) is 0 Å². The Balaban J connectivity index is 2.48. The number of carbonyl (C=O) groups is 1. The summed E-state index contributed by atoms with van der Waals surface area (Å²) < 4.78 is 5.66. The van der Waals surface area contributed by atoms with Crippen LogP contribution in [-0.4, -0.2) is 30.9 Å². The Labute approximate surface area is 131 Å². The molecule has 0 aliphatic rings. The minimum absolute atomic E-state index is 0.0300. The van der Waals surface area contributed by atoms with Gasteiger partial charge in [-0.3, -0.25) is 4.79 Å². The zero-order chi connectivity index (χ0) is 15.7. The molecular weight excluding hydrogens is 284 g/mol. The highest BCUT2D eigenvalue weighted by atomic mass is 32.2. The van der Waals surface area contributed by atoms with Gasteiger partial charge in [0, 0.05) is 17.5 Å². The number of hydrogen-bond acceptors (Lipinski definition) is 4. The molecule has 0 saturated heterocycles. The molecule has 1 rings (SSSR count). The van der Waals surface area contributed by atoms with Gasteiger partial charge in [-0.25, -0.2) is 0 Å². The molecule has 0 heterocycles. The van der Waals surface area contributed by atoms with Gasteiger partial charge in [-0.15, -0.1) is 11.8 Å². The molecule has 21 heavy (non-hydrogen) atoms. The molecule has 0 spiro atoms. The van der Waals surface area contributed by atoms with Gasteiger partial charge in [0.25, 0.3) is 5.91 Å². The monoisotopic (exact) mass is 310 g/mol. The second kappa shape index (κ2) is 9.68. The Hall–Kier alpha value is -1.20. The zero-order valence-electron chi connectivity index (χ0n) is 13.1. The molecule has 0 bridgehead atoms. The third-order valence-electron chi connectivity index (χ3n) is 3.28. The number of benzene rings is 1. The largest absolute Gasteiger partial charge is 0.481 e. The van der Waals surface area contributed by atoms with Gasteiger partial charge >= 0.3 is 0 Å². The minimum atomic E-state index is -0.527. The van der Waals surface area contributed by atoms with Crippen LogP contribution in [0.3, 0.4) is 0 Å². The van der Waals surface area contributed by atoms with Crippen molar-refractivity contribution in [2.75, 3.05) is 12.8 Å². The lowest BCUT2D eigenvalue weighted by Crippen LogP contribution is -2.45. The first kappa shape index (κ1) is 17.9. The third kappa shape index (κ3) is 6.40. The summed E-state index contributed by atoms with van der Waals surface area (Å²) in [5, 5.41) is 2.95. The lowest BCUT2D eigenvalue weighted by atomic mass is 10.1. The van der Waals surface area contributed by atoms with Crippen LogP contribution in [0.4, 0.5) is 0 Å². The molecule has 2 atom stereocenters. The Kier molecular flexibility index (Phi) is 8.23. The van der Waals surface area contributed by atoms with Crippen molar-refractivity contribution < 1.29 is 9.53 Å². The molecule has 3 N–H and O–H groups in total. The van der Waals surface area contributed by atoms with E-state index in [1.54, 1.807) is 18.7 Å². The summed E-state index contributed by atoms with van der Waals surface area (Å²) >= 11 is 1.67. The fraction of sp³-hybridized carbons (Fsp3) is 0.562. The average molecular weight is 310 g/mol. The standard InChI is InChI=1S/C16H26N2O2S/c1-4-5-6-13(11-17)18-16(19)12(2)20-14-7-9-15(21-3)10-8-14/h7-10,12-13H,4-6,11,17H2,1-3H3,(H,18,19). The summed E-state index contributed by atoms with van der Waals surface area (Å²) in [6, 6.07) is 7.76. The van der Waals surface area contributed by atoms with Crippen molar-refractivity contribution >= 4 is 17.7 Å². The van der Waals surface area contributed by atoms with Gasteiger partial charge in [-0.05, 0) is 43.9 Å². The van der Waals surface area contributed by atoms with E-state index in [9.17, 15) is 4.79 Å². The van der Waals surface area contributed by atoms with Crippen LogP contribution in [-0.2, 0) is 4.79 Å². The highest BCUT2D eigenvalue weighted by molar-refractivity contribution is 7.98. The normalized spacial score (nSPS) is 13.5. The molecule has 0 radical (unpaired) electrons. The van der Waals surface area contributed by atoms with Gasteiger partial charge in [0.2, 0.25) is 0 Å². The number of nitrogens with two attached hydrogens (primary N) is 1. The Morgan fingerprint density at radius 2 is 2.05 bits per heavy atom. The minimum Gasteiger partial charge on any atom is -0.481 e. The summed E-state index contributed by atoms with van der Waals surface area (Å²) in [5.74, 6) is 0.587. The molecule has 0 aliphatic carbocycles. The number of rotatable bonds is 9. The summed E-state index contributed by atoms with van der Waals surface area (Å²) in [6.07, 6.45) is 4.57. The molecule has 2 unspecified atom stereocenters. The van der Waals surface area contributed by atoms with E-state index < -0.39 is 6.10 Å². The van der Waals surface area contributed by atoms with Gasteiger partial charge in [0.15, 0.2) is 6.10 Å². The van der Waals surface area contributed by atoms with E-state index in [1.165, 1.54) is 4.90 Å². The Bertz CT molecular complexity index is 423. The SMILES string of the molecule is CCCCC(CN)NC(=O)C(C)Oc1ccc(SC)cc1. The molecule has 4 nitrogen and oxygen atoms in total. The van der Waals surface area contributed by atoms with E-state index in [2.05, 4.69) is 12.2 Å². The Morgan fingerprint density at radius 3 is 2.57 bits per heavy atom. The summed E-state index contributed by atoms with van der Waals surface area (Å²) in [7, 11) is 0. The molecular formula is C16H26N2O2S. The van der Waals surface area contributed by atoms with Crippen LogP contribution in [0.1, 0.15) is 33.1 Å². The summed E-state index contributed by atoms with van der Waals surface area (Å²) in [4.78, 5) is 13.3. The van der Waals surface area contributed by atoms with Crippen molar-refractivity contribution in [1.29, 1.82) is 0 Å². The van der Waals surface area contributed by atoms with Crippen LogP contribution in [0.15, 0.2) is 29.2 Å². The predicted molar refractivity (Wildman–Crippen MR) is 88.8 cm³/mol. The fourth-order valence-electron chi connectivity index (χ4n) is 1.93. The molecule has 0 aromatic heterocycles. The van der Waals surface area contributed by atoms with Crippen molar-refractivity contribution in [1.82, 2.24) is 5.32 Å². The first-order valence-corrected chi connectivity index (χ1v) is 8.64. The Morgan fingerprint density at radius 1 is 1.38 bits per heavy atom. The van der Waals surface area contributed by atoms with E-state index in [0.29, 0.717) is 12.3 Å². The zero-order valence-corrected chi connectivity index (χ0v) is 13.9. The topological polar surface area (TPSA) is 64.3 Å². The molecule has 0 fully saturated rings. The predicted octanol–water partition coefficient (Wildman–Crippen LogP) is 2.81. The van der Waals surface area contributed by atoms with Crippen LogP contribution >= 0.6 is 11.8 Å². The number of thioether (sulfide) groups is 1. The molecule has 0 aliphatic heterocycles. The summed E-state index contributed by atoms with van der Waals surface area (Å²) in [5.41, 5.74) is 5.69. The van der Waals surface area contributed by atoms with E-state index in [4.69, 9.17) is 10.5 Å². The number of carbonyl (C=O) groups excluding carboxylic acids is 1. The number of hydrogen-bond donors (Lipinski definition) is 2. The quantitative estimate of drug-likeness (QED) is 0.688. The van der Waals surface area contributed by atoms with Crippen LogP contribution in [0.2, 0.25) is 0 Å². The maximum Gasteiger partial charge on any atom is 0.261 e. The lowest BCUT2D eigenvalue weighted by molar-refractivity contribution is -0.128. The second-order valence-corrected chi connectivity index (χ2v) is 5.90. The maximum absolute atomic E-state index is 12.1. The van der Waals surface area contributed by atoms with E-state index in [1.807, 2.05) is 30.5 Å². The van der Waals surface area contributed by atoms with Gasteiger partial charge in [0.05, 0.1) is 0 Å². The summed E-state index contributed by atoms with van der Waals surface area (Å²) in [6.45, 7) is 4.34. The first-order valence-electron chi connectivity index (χ1n) is 7.41.